The molecule has 11 heteroatoms. The molecule has 1 atom stereocenters. The van der Waals surface area contributed by atoms with Gasteiger partial charge in [0, 0.05) is 36.7 Å². The van der Waals surface area contributed by atoms with Crippen LogP contribution in [0.5, 0.6) is 0 Å². The molecule has 164 valence electrons. The fourth-order valence-corrected chi connectivity index (χ4v) is 4.18. The van der Waals surface area contributed by atoms with Crippen LogP contribution in [0.3, 0.4) is 0 Å². The minimum absolute atomic E-state index is 0.146. The number of H-pyrrole nitrogens is 1. The number of nitrogens with zero attached hydrogens (tertiary/aromatic N) is 7. The Bertz CT molecular complexity index is 1500. The van der Waals surface area contributed by atoms with Gasteiger partial charge in [-0.05, 0) is 37.3 Å². The molecule has 33 heavy (non-hydrogen) atoms. The number of halogens is 1. The van der Waals surface area contributed by atoms with Crippen LogP contribution in [0.15, 0.2) is 53.5 Å². The highest BCUT2D eigenvalue weighted by Crippen LogP contribution is 2.34. The molecule has 0 radical (unpaired) electrons. The molecule has 1 unspecified atom stereocenters. The average molecular weight is 444 g/mol. The van der Waals surface area contributed by atoms with Crippen molar-refractivity contribution in [3.05, 3.63) is 83.5 Å². The molecule has 0 bridgehead atoms. The Hall–Kier alpha value is -4.41. The summed E-state index contributed by atoms with van der Waals surface area (Å²) in [6.45, 7) is 2.20. The summed E-state index contributed by atoms with van der Waals surface area (Å²) in [5, 5.41) is 12.6. The molecule has 6 heterocycles. The van der Waals surface area contributed by atoms with Crippen LogP contribution < -0.4 is 0 Å². The summed E-state index contributed by atoms with van der Waals surface area (Å²) >= 11 is 0. The zero-order chi connectivity index (χ0) is 22.5. The maximum absolute atomic E-state index is 14.3. The van der Waals surface area contributed by atoms with Crippen LogP contribution in [0.1, 0.15) is 39.5 Å². The predicted octanol–water partition coefficient (Wildman–Crippen LogP) is 2.74. The lowest BCUT2D eigenvalue weighted by Gasteiger charge is -2.32. The fourth-order valence-electron chi connectivity index (χ4n) is 4.18. The van der Waals surface area contributed by atoms with Crippen molar-refractivity contribution < 1.29 is 13.6 Å². The number of aromatic amines is 1. The molecule has 1 aliphatic heterocycles. The van der Waals surface area contributed by atoms with Gasteiger partial charge in [-0.1, -0.05) is 0 Å². The van der Waals surface area contributed by atoms with Gasteiger partial charge in [-0.3, -0.25) is 9.78 Å². The SMILES string of the molecule is Cc1ncccc1-c1nnc(C(=O)N2CCc3[nH]cnc3C2c2cc3c(F)cccn3n2)o1. The normalized spacial score (nSPS) is 15.7. The molecule has 0 aliphatic carbocycles. The molecule has 5 aromatic heterocycles. The Morgan fingerprint density at radius 1 is 1.24 bits per heavy atom. The molecule has 10 nitrogen and oxygen atoms in total. The Morgan fingerprint density at radius 2 is 2.15 bits per heavy atom. The highest BCUT2D eigenvalue weighted by Gasteiger charge is 2.38. The summed E-state index contributed by atoms with van der Waals surface area (Å²) < 4.78 is 21.5. The van der Waals surface area contributed by atoms with Crippen LogP contribution in [-0.2, 0) is 6.42 Å². The van der Waals surface area contributed by atoms with Gasteiger partial charge in [0.2, 0.25) is 5.89 Å². The topological polar surface area (TPSA) is 118 Å². The van der Waals surface area contributed by atoms with E-state index in [-0.39, 0.29) is 11.8 Å². The predicted molar refractivity (Wildman–Crippen MR) is 113 cm³/mol. The van der Waals surface area contributed by atoms with Gasteiger partial charge in [0.15, 0.2) is 0 Å². The monoisotopic (exact) mass is 444 g/mol. The number of amides is 1. The minimum Gasteiger partial charge on any atom is -0.412 e. The molecule has 1 N–H and O–H groups in total. The first-order chi connectivity index (χ1) is 16.1. The van der Waals surface area contributed by atoms with Gasteiger partial charge in [0.05, 0.1) is 23.3 Å². The first-order valence-electron chi connectivity index (χ1n) is 10.3. The molecule has 0 spiro atoms. The summed E-state index contributed by atoms with van der Waals surface area (Å²) in [5.74, 6) is -0.785. The molecule has 6 rings (SSSR count). The number of aromatic nitrogens is 7. The molecule has 0 fully saturated rings. The molecule has 5 aromatic rings. The first-order valence-corrected chi connectivity index (χ1v) is 10.3. The van der Waals surface area contributed by atoms with E-state index < -0.39 is 17.8 Å². The second-order valence-electron chi connectivity index (χ2n) is 7.72. The Balaban J connectivity index is 1.41. The van der Waals surface area contributed by atoms with Crippen molar-refractivity contribution in [3.8, 4) is 11.5 Å². The maximum Gasteiger partial charge on any atom is 0.312 e. The largest absolute Gasteiger partial charge is 0.412 e. The number of pyridine rings is 2. The van der Waals surface area contributed by atoms with Gasteiger partial charge in [-0.15, -0.1) is 10.2 Å². The van der Waals surface area contributed by atoms with Gasteiger partial charge >= 0.3 is 11.8 Å². The van der Waals surface area contributed by atoms with E-state index in [4.69, 9.17) is 4.42 Å². The zero-order valence-corrected chi connectivity index (χ0v) is 17.4. The van der Waals surface area contributed by atoms with Gasteiger partial charge in [0.25, 0.3) is 0 Å². The number of carbonyl (C=O) groups excluding carboxylic acids is 1. The third kappa shape index (κ3) is 3.08. The quantitative estimate of drug-likeness (QED) is 0.455. The van der Waals surface area contributed by atoms with Gasteiger partial charge in [-0.2, -0.15) is 5.10 Å². The van der Waals surface area contributed by atoms with Crippen molar-refractivity contribution in [3.63, 3.8) is 0 Å². The van der Waals surface area contributed by atoms with Crippen molar-refractivity contribution >= 4 is 11.4 Å². The lowest BCUT2D eigenvalue weighted by molar-refractivity contribution is 0.0646. The second kappa shape index (κ2) is 7.33. The third-order valence-corrected chi connectivity index (χ3v) is 5.78. The van der Waals surface area contributed by atoms with Gasteiger partial charge in [0.1, 0.15) is 17.4 Å². The highest BCUT2D eigenvalue weighted by molar-refractivity contribution is 5.90. The fraction of sp³-hybridized carbons (Fsp3) is 0.182. The third-order valence-electron chi connectivity index (χ3n) is 5.78. The standard InChI is InChI=1S/C22H17FN8O2/c1-12-13(4-2-7-24-12)20-27-28-21(33-20)22(32)30-9-6-15-18(26-11-25-15)19(30)16-10-17-14(23)5-3-8-31(17)29-16/h2-5,7-8,10-11,19H,6,9H2,1H3,(H,25,26). The van der Waals surface area contributed by atoms with Crippen LogP contribution in [-0.4, -0.2) is 52.1 Å². The Labute approximate surface area is 186 Å². The zero-order valence-electron chi connectivity index (χ0n) is 17.4. The van der Waals surface area contributed by atoms with E-state index in [1.165, 1.54) is 10.6 Å². The van der Waals surface area contributed by atoms with Crippen molar-refractivity contribution in [2.24, 2.45) is 0 Å². The first kappa shape index (κ1) is 19.3. The molecular weight excluding hydrogens is 427 g/mol. The van der Waals surface area contributed by atoms with E-state index in [0.717, 1.165) is 5.69 Å². The van der Waals surface area contributed by atoms with Crippen LogP contribution in [0.2, 0.25) is 0 Å². The molecule has 0 saturated carbocycles. The van der Waals surface area contributed by atoms with Crippen LogP contribution in [0.4, 0.5) is 4.39 Å². The van der Waals surface area contributed by atoms with E-state index in [0.29, 0.717) is 41.1 Å². The Morgan fingerprint density at radius 3 is 3.00 bits per heavy atom. The van der Waals surface area contributed by atoms with Crippen molar-refractivity contribution in [1.82, 2.24) is 39.7 Å². The average Bonchev–Trinajstić information content (AvgIpc) is 3.57. The number of hydrogen-bond donors (Lipinski definition) is 1. The van der Waals surface area contributed by atoms with E-state index in [9.17, 15) is 9.18 Å². The number of aryl methyl sites for hydroxylation is 1. The molecule has 1 amide bonds. The number of fused-ring (bicyclic) bond motifs is 2. The highest BCUT2D eigenvalue weighted by atomic mass is 19.1. The van der Waals surface area contributed by atoms with Crippen molar-refractivity contribution in [2.45, 2.75) is 19.4 Å². The molecular formula is C22H17FN8O2. The second-order valence-corrected chi connectivity index (χ2v) is 7.72. The van der Waals surface area contributed by atoms with Crippen molar-refractivity contribution in [2.75, 3.05) is 6.54 Å². The van der Waals surface area contributed by atoms with Crippen LogP contribution in [0.25, 0.3) is 17.0 Å². The molecule has 0 saturated heterocycles. The summed E-state index contributed by atoms with van der Waals surface area (Å²) in [6, 6.07) is 7.49. The lowest BCUT2D eigenvalue weighted by Crippen LogP contribution is -2.41. The van der Waals surface area contributed by atoms with E-state index >= 15 is 0 Å². The smallest absolute Gasteiger partial charge is 0.312 e. The number of nitrogens with one attached hydrogen (secondary N) is 1. The number of hydrogen-bond acceptors (Lipinski definition) is 7. The number of imidazole rings is 1. The number of rotatable bonds is 3. The Kier molecular flexibility index (Phi) is 4.28. The summed E-state index contributed by atoms with van der Waals surface area (Å²) in [5.41, 5.74) is 3.73. The number of carbonyl (C=O) groups is 1. The van der Waals surface area contributed by atoms with Crippen molar-refractivity contribution in [1.29, 1.82) is 0 Å². The molecule has 1 aliphatic rings. The van der Waals surface area contributed by atoms with Crippen LogP contribution in [0, 0.1) is 12.7 Å². The van der Waals surface area contributed by atoms with E-state index in [2.05, 4.69) is 30.2 Å². The van der Waals surface area contributed by atoms with Gasteiger partial charge in [-0.25, -0.2) is 13.9 Å². The summed E-state index contributed by atoms with van der Waals surface area (Å²) in [6.07, 6.45) is 5.47. The molecule has 0 aromatic carbocycles. The van der Waals surface area contributed by atoms with E-state index in [1.54, 1.807) is 47.9 Å². The summed E-state index contributed by atoms with van der Waals surface area (Å²) in [7, 11) is 0. The minimum atomic E-state index is -0.637. The maximum atomic E-state index is 14.3. The van der Waals surface area contributed by atoms with Crippen LogP contribution >= 0.6 is 0 Å². The van der Waals surface area contributed by atoms with E-state index in [1.807, 2.05) is 6.92 Å². The van der Waals surface area contributed by atoms with Gasteiger partial charge < -0.3 is 14.3 Å². The lowest BCUT2D eigenvalue weighted by atomic mass is 9.99. The summed E-state index contributed by atoms with van der Waals surface area (Å²) in [4.78, 5) is 26.8.